The Labute approximate surface area is 71.7 Å². The second-order valence-corrected chi connectivity index (χ2v) is 3.09. The quantitative estimate of drug-likeness (QED) is 0.676. The van der Waals surface area contributed by atoms with Crippen LogP contribution in [-0.4, -0.2) is 15.5 Å². The molecule has 1 aliphatic rings. The number of hydrogen-bond donors (Lipinski definition) is 1. The molecular formula is C6H6BrN3O. The lowest BCUT2D eigenvalue weighted by molar-refractivity contribution is -0.122. The van der Waals surface area contributed by atoms with Crippen LogP contribution in [0.5, 0.6) is 0 Å². The molecule has 0 atom stereocenters. The molecule has 1 N–H and O–H groups in total. The van der Waals surface area contributed by atoms with Crippen molar-refractivity contribution in [2.45, 2.75) is 13.1 Å². The van der Waals surface area contributed by atoms with Crippen LogP contribution in [0, 0.1) is 0 Å². The fourth-order valence-corrected chi connectivity index (χ4v) is 1.54. The fourth-order valence-electron chi connectivity index (χ4n) is 1.08. The first-order valence-corrected chi connectivity index (χ1v) is 4.03. The van der Waals surface area contributed by atoms with Crippen molar-refractivity contribution in [3.63, 3.8) is 0 Å². The van der Waals surface area contributed by atoms with Gasteiger partial charge in [-0.2, -0.15) is 0 Å². The summed E-state index contributed by atoms with van der Waals surface area (Å²) in [7, 11) is 0. The Morgan fingerprint density at radius 1 is 1.73 bits per heavy atom. The van der Waals surface area contributed by atoms with Gasteiger partial charge < -0.3 is 9.88 Å². The van der Waals surface area contributed by atoms with Gasteiger partial charge in [-0.3, -0.25) is 4.79 Å². The summed E-state index contributed by atoms with van der Waals surface area (Å²) < 4.78 is 2.57. The monoisotopic (exact) mass is 215 g/mol. The highest BCUT2D eigenvalue weighted by Crippen LogP contribution is 2.13. The largest absolute Gasteiger partial charge is 0.349 e. The van der Waals surface area contributed by atoms with Crippen molar-refractivity contribution in [2.75, 3.05) is 0 Å². The van der Waals surface area contributed by atoms with E-state index in [9.17, 15) is 4.79 Å². The zero-order valence-electron chi connectivity index (χ0n) is 5.67. The molecule has 0 fully saturated rings. The van der Waals surface area contributed by atoms with Gasteiger partial charge in [-0.25, -0.2) is 4.98 Å². The second-order valence-electron chi connectivity index (χ2n) is 2.38. The molecule has 58 valence electrons. The first-order valence-electron chi connectivity index (χ1n) is 3.24. The minimum Gasteiger partial charge on any atom is -0.349 e. The maximum Gasteiger partial charge on any atom is 0.240 e. The maximum atomic E-state index is 10.9. The van der Waals surface area contributed by atoms with E-state index < -0.39 is 0 Å². The first kappa shape index (κ1) is 6.84. The molecule has 1 aromatic heterocycles. The zero-order valence-corrected chi connectivity index (χ0v) is 7.26. The highest BCUT2D eigenvalue weighted by atomic mass is 79.9. The minimum absolute atomic E-state index is 0.0381. The Kier molecular flexibility index (Phi) is 1.45. The SMILES string of the molecule is O=C1Cn2c(cnc2Br)CN1. The van der Waals surface area contributed by atoms with Crippen LogP contribution in [0.2, 0.25) is 0 Å². The van der Waals surface area contributed by atoms with E-state index in [1.165, 1.54) is 0 Å². The van der Waals surface area contributed by atoms with Gasteiger partial charge in [0.15, 0.2) is 4.73 Å². The average Bonchev–Trinajstić information content (AvgIpc) is 2.33. The lowest BCUT2D eigenvalue weighted by Crippen LogP contribution is -2.33. The third-order valence-corrected chi connectivity index (χ3v) is 2.29. The summed E-state index contributed by atoms with van der Waals surface area (Å²) in [6.07, 6.45) is 1.75. The van der Waals surface area contributed by atoms with Gasteiger partial charge in [0.25, 0.3) is 0 Å². The number of imidazole rings is 1. The van der Waals surface area contributed by atoms with Gasteiger partial charge in [-0.05, 0) is 15.9 Å². The summed E-state index contributed by atoms with van der Waals surface area (Å²) in [5.41, 5.74) is 1.04. The molecule has 0 aliphatic carbocycles. The van der Waals surface area contributed by atoms with Crippen molar-refractivity contribution in [3.8, 4) is 0 Å². The molecule has 4 nitrogen and oxygen atoms in total. The van der Waals surface area contributed by atoms with E-state index in [1.54, 1.807) is 6.20 Å². The van der Waals surface area contributed by atoms with E-state index in [0.717, 1.165) is 10.4 Å². The van der Waals surface area contributed by atoms with Crippen molar-refractivity contribution in [3.05, 3.63) is 16.6 Å². The third-order valence-electron chi connectivity index (χ3n) is 1.66. The number of hydrogen-bond acceptors (Lipinski definition) is 2. The minimum atomic E-state index is 0.0381. The van der Waals surface area contributed by atoms with E-state index in [2.05, 4.69) is 26.2 Å². The number of carbonyl (C=O) groups is 1. The van der Waals surface area contributed by atoms with Crippen LogP contribution < -0.4 is 5.32 Å². The van der Waals surface area contributed by atoms with Crippen molar-refractivity contribution in [2.24, 2.45) is 0 Å². The highest BCUT2D eigenvalue weighted by Gasteiger charge is 2.16. The molecule has 1 amide bonds. The molecule has 0 saturated heterocycles. The van der Waals surface area contributed by atoms with Crippen molar-refractivity contribution in [1.29, 1.82) is 0 Å². The number of rotatable bonds is 0. The Bertz CT molecular complexity index is 307. The number of fused-ring (bicyclic) bond motifs is 1. The van der Waals surface area contributed by atoms with Gasteiger partial charge in [0.05, 0.1) is 18.4 Å². The third kappa shape index (κ3) is 1.05. The number of nitrogens with zero attached hydrogens (tertiary/aromatic N) is 2. The van der Waals surface area contributed by atoms with Gasteiger partial charge >= 0.3 is 0 Å². The summed E-state index contributed by atoms with van der Waals surface area (Å²) in [5.74, 6) is 0.0381. The molecule has 0 saturated carbocycles. The summed E-state index contributed by atoms with van der Waals surface area (Å²) in [4.78, 5) is 14.9. The molecule has 0 aromatic carbocycles. The van der Waals surface area contributed by atoms with Crippen LogP contribution in [0.3, 0.4) is 0 Å². The molecule has 0 spiro atoms. The van der Waals surface area contributed by atoms with Gasteiger partial charge in [-0.1, -0.05) is 0 Å². The van der Waals surface area contributed by atoms with Crippen LogP contribution in [-0.2, 0) is 17.9 Å². The Morgan fingerprint density at radius 2 is 2.55 bits per heavy atom. The van der Waals surface area contributed by atoms with E-state index in [1.807, 2.05) is 4.57 Å². The van der Waals surface area contributed by atoms with Crippen LogP contribution in [0.4, 0.5) is 0 Å². The van der Waals surface area contributed by atoms with Gasteiger partial charge in [0.2, 0.25) is 5.91 Å². The second kappa shape index (κ2) is 2.34. The average molecular weight is 216 g/mol. The standard InChI is InChI=1S/C6H6BrN3O/c7-6-9-2-4-1-8-5(11)3-10(4)6/h2H,1,3H2,(H,8,11). The highest BCUT2D eigenvalue weighted by molar-refractivity contribution is 9.10. The van der Waals surface area contributed by atoms with E-state index in [0.29, 0.717) is 13.1 Å². The Morgan fingerprint density at radius 3 is 3.36 bits per heavy atom. The van der Waals surface area contributed by atoms with Crippen molar-refractivity contribution in [1.82, 2.24) is 14.9 Å². The smallest absolute Gasteiger partial charge is 0.240 e. The summed E-state index contributed by atoms with van der Waals surface area (Å²) in [6.45, 7) is 0.952. The molecular weight excluding hydrogens is 210 g/mol. The molecule has 5 heteroatoms. The van der Waals surface area contributed by atoms with Gasteiger partial charge in [-0.15, -0.1) is 0 Å². The fraction of sp³-hybridized carbons (Fsp3) is 0.333. The summed E-state index contributed by atoms with van der Waals surface area (Å²) >= 11 is 3.25. The number of amides is 1. The van der Waals surface area contributed by atoms with Crippen LogP contribution >= 0.6 is 15.9 Å². The molecule has 0 radical (unpaired) electrons. The predicted octanol–water partition coefficient (Wildman–Crippen LogP) is 0.275. The number of aromatic nitrogens is 2. The lowest BCUT2D eigenvalue weighted by atomic mass is 10.3. The molecule has 11 heavy (non-hydrogen) atoms. The Balaban J connectivity index is 2.45. The summed E-state index contributed by atoms with van der Waals surface area (Å²) in [6, 6.07) is 0. The molecule has 1 aliphatic heterocycles. The van der Waals surface area contributed by atoms with Crippen LogP contribution in [0.25, 0.3) is 0 Å². The lowest BCUT2D eigenvalue weighted by Gasteiger charge is -2.15. The maximum absolute atomic E-state index is 10.9. The summed E-state index contributed by atoms with van der Waals surface area (Å²) in [5, 5.41) is 2.73. The van der Waals surface area contributed by atoms with E-state index in [-0.39, 0.29) is 5.91 Å². The van der Waals surface area contributed by atoms with E-state index in [4.69, 9.17) is 0 Å². The normalized spacial score (nSPS) is 15.9. The topological polar surface area (TPSA) is 46.9 Å². The van der Waals surface area contributed by atoms with Crippen molar-refractivity contribution >= 4 is 21.8 Å². The molecule has 1 aromatic rings. The first-order chi connectivity index (χ1) is 5.27. The zero-order chi connectivity index (χ0) is 7.84. The van der Waals surface area contributed by atoms with Crippen LogP contribution in [0.15, 0.2) is 10.9 Å². The number of carbonyl (C=O) groups excluding carboxylic acids is 1. The number of halogens is 1. The predicted molar refractivity (Wildman–Crippen MR) is 41.8 cm³/mol. The van der Waals surface area contributed by atoms with Crippen molar-refractivity contribution < 1.29 is 4.79 Å². The van der Waals surface area contributed by atoms with Gasteiger partial charge in [0.1, 0.15) is 6.54 Å². The molecule has 2 rings (SSSR count). The Hall–Kier alpha value is -0.840. The van der Waals surface area contributed by atoms with E-state index >= 15 is 0 Å². The van der Waals surface area contributed by atoms with Gasteiger partial charge in [0, 0.05) is 0 Å². The van der Waals surface area contributed by atoms with Crippen LogP contribution in [0.1, 0.15) is 5.69 Å². The number of nitrogens with one attached hydrogen (secondary N) is 1. The molecule has 2 heterocycles. The molecule has 0 unspecified atom stereocenters. The molecule has 0 bridgehead atoms.